The third-order valence-electron chi connectivity index (χ3n) is 4.72. The molecule has 0 spiro atoms. The summed E-state index contributed by atoms with van der Waals surface area (Å²) in [6, 6.07) is 23.6. The van der Waals surface area contributed by atoms with Crippen LogP contribution in [0.2, 0.25) is 0 Å². The van der Waals surface area contributed by atoms with Crippen LogP contribution in [0.15, 0.2) is 72.8 Å². The third-order valence-corrected chi connectivity index (χ3v) is 4.72. The Kier molecular flexibility index (Phi) is 7.15. The second-order valence-electron chi connectivity index (χ2n) is 7.34. The molecule has 6 nitrogen and oxygen atoms in total. The van der Waals surface area contributed by atoms with Gasteiger partial charge in [-0.25, -0.2) is 0 Å². The van der Waals surface area contributed by atoms with Crippen LogP contribution in [-0.2, 0) is 4.79 Å². The van der Waals surface area contributed by atoms with Gasteiger partial charge in [0.05, 0.1) is 11.6 Å². The molecule has 2 amide bonds. The first-order valence-corrected chi connectivity index (χ1v) is 9.92. The number of anilines is 2. The number of hydrogen-bond donors (Lipinski definition) is 2. The molecule has 0 saturated carbocycles. The van der Waals surface area contributed by atoms with Crippen molar-refractivity contribution in [1.82, 2.24) is 4.90 Å². The second kappa shape index (κ2) is 10.2. The van der Waals surface area contributed by atoms with E-state index in [9.17, 15) is 14.9 Å². The van der Waals surface area contributed by atoms with Gasteiger partial charge in [0.2, 0.25) is 5.91 Å². The molecule has 3 rings (SSSR count). The number of rotatable bonds is 7. The van der Waals surface area contributed by atoms with E-state index in [2.05, 4.69) is 16.7 Å². The van der Waals surface area contributed by atoms with Crippen molar-refractivity contribution in [2.75, 3.05) is 31.3 Å². The van der Waals surface area contributed by atoms with E-state index in [1.807, 2.05) is 43.3 Å². The van der Waals surface area contributed by atoms with Gasteiger partial charge in [-0.05, 0) is 56.1 Å². The van der Waals surface area contributed by atoms with Gasteiger partial charge >= 0.3 is 0 Å². The molecule has 0 aliphatic rings. The van der Waals surface area contributed by atoms with Gasteiger partial charge < -0.3 is 15.5 Å². The minimum atomic E-state index is -0.272. The fraction of sp³-hybridized carbons (Fsp3) is 0.160. The number of benzene rings is 3. The van der Waals surface area contributed by atoms with Crippen molar-refractivity contribution in [1.29, 1.82) is 5.26 Å². The SMILES string of the molecule is CN(C)CCC(=O)Nc1ccc(NC(=O)c2ccccc2-c2ccccc2C#N)cc1. The fourth-order valence-electron chi connectivity index (χ4n) is 3.12. The zero-order valence-corrected chi connectivity index (χ0v) is 17.6. The molecule has 156 valence electrons. The summed E-state index contributed by atoms with van der Waals surface area (Å²) in [6.07, 6.45) is 0.409. The molecule has 31 heavy (non-hydrogen) atoms. The first-order valence-electron chi connectivity index (χ1n) is 9.92. The highest BCUT2D eigenvalue weighted by Gasteiger charge is 2.15. The predicted octanol–water partition coefficient (Wildman–Crippen LogP) is 4.37. The zero-order valence-electron chi connectivity index (χ0n) is 17.6. The molecule has 0 unspecified atom stereocenters. The quantitative estimate of drug-likeness (QED) is 0.604. The molecule has 0 radical (unpaired) electrons. The molecule has 3 aromatic carbocycles. The van der Waals surface area contributed by atoms with Crippen molar-refractivity contribution in [3.8, 4) is 17.2 Å². The first-order chi connectivity index (χ1) is 15.0. The summed E-state index contributed by atoms with van der Waals surface area (Å²) in [5.74, 6) is -0.332. The Morgan fingerprint density at radius 3 is 2.06 bits per heavy atom. The van der Waals surface area contributed by atoms with Crippen LogP contribution < -0.4 is 10.6 Å². The highest BCUT2D eigenvalue weighted by atomic mass is 16.2. The Hall–Kier alpha value is -3.95. The predicted molar refractivity (Wildman–Crippen MR) is 123 cm³/mol. The average molecular weight is 412 g/mol. The summed E-state index contributed by atoms with van der Waals surface area (Å²) in [5.41, 5.74) is 3.68. The smallest absolute Gasteiger partial charge is 0.256 e. The van der Waals surface area contributed by atoms with Gasteiger partial charge in [0.1, 0.15) is 0 Å². The van der Waals surface area contributed by atoms with E-state index in [4.69, 9.17) is 0 Å². The summed E-state index contributed by atoms with van der Waals surface area (Å²) in [6.45, 7) is 0.675. The number of nitrogens with zero attached hydrogens (tertiary/aromatic N) is 2. The molecule has 6 heteroatoms. The summed E-state index contributed by atoms with van der Waals surface area (Å²) in [7, 11) is 3.84. The molecule has 0 heterocycles. The van der Waals surface area contributed by atoms with E-state index in [0.717, 1.165) is 0 Å². The monoisotopic (exact) mass is 412 g/mol. The lowest BCUT2D eigenvalue weighted by Gasteiger charge is -2.12. The molecule has 0 bridgehead atoms. The Labute approximate surface area is 182 Å². The Morgan fingerprint density at radius 2 is 1.42 bits per heavy atom. The maximum Gasteiger partial charge on any atom is 0.256 e. The highest BCUT2D eigenvalue weighted by Crippen LogP contribution is 2.27. The number of nitriles is 1. The Bertz CT molecular complexity index is 1110. The van der Waals surface area contributed by atoms with Crippen LogP contribution >= 0.6 is 0 Å². The van der Waals surface area contributed by atoms with Gasteiger partial charge in [0.15, 0.2) is 0 Å². The average Bonchev–Trinajstić information content (AvgIpc) is 2.79. The van der Waals surface area contributed by atoms with Crippen molar-refractivity contribution in [2.24, 2.45) is 0 Å². The minimum absolute atomic E-state index is 0.0597. The van der Waals surface area contributed by atoms with Crippen LogP contribution in [0.4, 0.5) is 11.4 Å². The first kappa shape index (κ1) is 21.8. The molecule has 0 fully saturated rings. The van der Waals surface area contributed by atoms with Gasteiger partial charge in [0.25, 0.3) is 5.91 Å². The normalized spacial score (nSPS) is 10.4. The Morgan fingerprint density at radius 1 is 0.839 bits per heavy atom. The van der Waals surface area contributed by atoms with Gasteiger partial charge in [-0.15, -0.1) is 0 Å². The second-order valence-corrected chi connectivity index (χ2v) is 7.34. The maximum atomic E-state index is 13.0. The number of nitrogens with one attached hydrogen (secondary N) is 2. The van der Waals surface area contributed by atoms with Crippen molar-refractivity contribution >= 4 is 23.2 Å². The van der Waals surface area contributed by atoms with E-state index in [1.54, 1.807) is 48.5 Å². The van der Waals surface area contributed by atoms with E-state index in [1.165, 1.54) is 0 Å². The summed E-state index contributed by atoms with van der Waals surface area (Å²) >= 11 is 0. The van der Waals surface area contributed by atoms with Crippen molar-refractivity contribution in [3.63, 3.8) is 0 Å². The summed E-state index contributed by atoms with van der Waals surface area (Å²) < 4.78 is 0. The van der Waals surface area contributed by atoms with Crippen LogP contribution in [0.5, 0.6) is 0 Å². The molecule has 0 aromatic heterocycles. The standard InChI is InChI=1S/C25H24N4O2/c1-29(2)16-15-24(30)27-19-11-13-20(14-12-19)28-25(31)23-10-6-5-9-22(23)21-8-4-3-7-18(21)17-26/h3-14H,15-16H2,1-2H3,(H,27,30)(H,28,31). The zero-order chi connectivity index (χ0) is 22.2. The molecule has 0 atom stereocenters. The van der Waals surface area contributed by atoms with E-state index >= 15 is 0 Å². The Balaban J connectivity index is 1.73. The number of carbonyl (C=O) groups is 2. The molecular formula is C25H24N4O2. The maximum absolute atomic E-state index is 13.0. The summed E-state index contributed by atoms with van der Waals surface area (Å²) in [5, 5.41) is 15.1. The van der Waals surface area contributed by atoms with Crippen LogP contribution in [-0.4, -0.2) is 37.4 Å². The van der Waals surface area contributed by atoms with E-state index in [-0.39, 0.29) is 11.8 Å². The fourth-order valence-corrected chi connectivity index (χ4v) is 3.12. The molecule has 0 aliphatic carbocycles. The van der Waals surface area contributed by atoms with Gasteiger partial charge in [-0.3, -0.25) is 9.59 Å². The van der Waals surface area contributed by atoms with Crippen LogP contribution in [0.1, 0.15) is 22.3 Å². The van der Waals surface area contributed by atoms with Crippen molar-refractivity contribution in [2.45, 2.75) is 6.42 Å². The largest absolute Gasteiger partial charge is 0.326 e. The molecule has 0 aliphatic heterocycles. The van der Waals surface area contributed by atoms with Crippen LogP contribution in [0.25, 0.3) is 11.1 Å². The lowest BCUT2D eigenvalue weighted by Crippen LogP contribution is -2.20. The van der Waals surface area contributed by atoms with E-state index in [0.29, 0.717) is 46.6 Å². The lowest BCUT2D eigenvalue weighted by atomic mass is 9.95. The molecule has 3 aromatic rings. The molecule has 0 saturated heterocycles. The van der Waals surface area contributed by atoms with Crippen molar-refractivity contribution in [3.05, 3.63) is 83.9 Å². The van der Waals surface area contributed by atoms with E-state index < -0.39 is 0 Å². The van der Waals surface area contributed by atoms with Gasteiger partial charge in [-0.2, -0.15) is 5.26 Å². The lowest BCUT2D eigenvalue weighted by molar-refractivity contribution is -0.116. The summed E-state index contributed by atoms with van der Waals surface area (Å²) in [4.78, 5) is 26.9. The number of amides is 2. The number of carbonyl (C=O) groups excluding carboxylic acids is 2. The van der Waals surface area contributed by atoms with Crippen LogP contribution in [0, 0.1) is 11.3 Å². The third kappa shape index (κ3) is 5.78. The topological polar surface area (TPSA) is 85.2 Å². The molecule has 2 N–H and O–H groups in total. The minimum Gasteiger partial charge on any atom is -0.326 e. The van der Waals surface area contributed by atoms with Gasteiger partial charge in [0, 0.05) is 35.5 Å². The van der Waals surface area contributed by atoms with Gasteiger partial charge in [-0.1, -0.05) is 36.4 Å². The molecular weight excluding hydrogens is 388 g/mol. The van der Waals surface area contributed by atoms with Crippen LogP contribution in [0.3, 0.4) is 0 Å². The highest BCUT2D eigenvalue weighted by molar-refractivity contribution is 6.09. The van der Waals surface area contributed by atoms with Crippen molar-refractivity contribution < 1.29 is 9.59 Å². The number of hydrogen-bond acceptors (Lipinski definition) is 4.